The van der Waals surface area contributed by atoms with Crippen molar-refractivity contribution in [2.24, 2.45) is 0 Å². The van der Waals surface area contributed by atoms with E-state index < -0.39 is 29.6 Å². The third kappa shape index (κ3) is 5.44. The second-order valence-electron chi connectivity index (χ2n) is 8.05. The smallest absolute Gasteiger partial charge is 0.416 e. The van der Waals surface area contributed by atoms with Gasteiger partial charge in [0.25, 0.3) is 0 Å². The molecular weight excluding hydrogens is 461 g/mol. The number of hydrogen-bond acceptors (Lipinski definition) is 5. The molecule has 6 nitrogen and oxygen atoms in total. The monoisotopic (exact) mass is 490 g/mol. The first-order valence-electron chi connectivity index (χ1n) is 11.4. The van der Waals surface area contributed by atoms with Crippen LogP contribution in [0.1, 0.15) is 50.4 Å². The molecule has 0 unspecified atom stereocenters. The fraction of sp³-hybridized carbons (Fsp3) is 0.385. The summed E-state index contributed by atoms with van der Waals surface area (Å²) < 4.78 is 52.6. The Balaban J connectivity index is 2.26. The number of alkyl halides is 3. The number of aromatic amines is 1. The molecule has 9 heteroatoms. The van der Waals surface area contributed by atoms with E-state index in [0.29, 0.717) is 24.4 Å². The minimum absolute atomic E-state index is 0.0105. The van der Waals surface area contributed by atoms with Crippen molar-refractivity contribution in [1.29, 1.82) is 0 Å². The van der Waals surface area contributed by atoms with E-state index in [1.54, 1.807) is 38.8 Å². The van der Waals surface area contributed by atoms with E-state index in [-0.39, 0.29) is 29.9 Å². The van der Waals surface area contributed by atoms with Crippen LogP contribution >= 0.6 is 0 Å². The van der Waals surface area contributed by atoms with Gasteiger partial charge in [0.2, 0.25) is 0 Å². The molecule has 35 heavy (non-hydrogen) atoms. The van der Waals surface area contributed by atoms with Crippen molar-refractivity contribution in [2.75, 3.05) is 19.8 Å². The Labute approximate surface area is 202 Å². The minimum atomic E-state index is -4.69. The van der Waals surface area contributed by atoms with Crippen molar-refractivity contribution >= 4 is 11.9 Å². The van der Waals surface area contributed by atoms with Gasteiger partial charge in [-0.15, -0.1) is 0 Å². The fourth-order valence-electron chi connectivity index (χ4n) is 4.46. The van der Waals surface area contributed by atoms with E-state index in [1.807, 2.05) is 12.1 Å². The second kappa shape index (κ2) is 10.8. The third-order valence-electron chi connectivity index (χ3n) is 6.00. The predicted octanol–water partition coefficient (Wildman–Crippen LogP) is 5.35. The second-order valence-corrected chi connectivity index (χ2v) is 8.05. The third-order valence-corrected chi connectivity index (χ3v) is 6.00. The van der Waals surface area contributed by atoms with Gasteiger partial charge in [0, 0.05) is 36.3 Å². The largest absolute Gasteiger partial charge is 0.463 e. The van der Waals surface area contributed by atoms with Gasteiger partial charge in [-0.05, 0) is 51.5 Å². The lowest BCUT2D eigenvalue weighted by Crippen LogP contribution is -2.37. The Hall–Kier alpha value is -3.49. The molecule has 0 spiro atoms. The van der Waals surface area contributed by atoms with Gasteiger partial charge in [-0.1, -0.05) is 18.2 Å². The molecule has 1 aliphatic heterocycles. The number of rotatable bonds is 8. The molecule has 0 saturated carbocycles. The molecule has 0 amide bonds. The van der Waals surface area contributed by atoms with Crippen LogP contribution in [0.15, 0.2) is 65.1 Å². The van der Waals surface area contributed by atoms with Crippen molar-refractivity contribution in [1.82, 2.24) is 9.88 Å². The molecule has 0 bridgehead atoms. The highest BCUT2D eigenvalue weighted by molar-refractivity contribution is 6.00. The van der Waals surface area contributed by atoms with Crippen LogP contribution in [0, 0.1) is 0 Å². The molecule has 0 saturated heterocycles. The van der Waals surface area contributed by atoms with Crippen molar-refractivity contribution in [2.45, 2.75) is 46.2 Å². The molecule has 1 aromatic carbocycles. The van der Waals surface area contributed by atoms with Crippen LogP contribution in [-0.2, 0) is 31.7 Å². The molecule has 0 fully saturated rings. The highest BCUT2D eigenvalue weighted by Gasteiger charge is 2.44. The Morgan fingerprint density at radius 2 is 1.51 bits per heavy atom. The number of nitrogens with zero attached hydrogens (tertiary/aromatic N) is 1. The Morgan fingerprint density at radius 1 is 0.943 bits per heavy atom. The summed E-state index contributed by atoms with van der Waals surface area (Å²) in [7, 11) is 0. The Kier molecular flexibility index (Phi) is 8.09. The molecule has 1 N–H and O–H groups in total. The summed E-state index contributed by atoms with van der Waals surface area (Å²) in [6, 6.07) is 8.74. The molecule has 188 valence electrons. The maximum absolute atomic E-state index is 14.0. The number of carbonyl (C=O) groups excluding carboxylic acids is 2. The average molecular weight is 491 g/mol. The van der Waals surface area contributed by atoms with Crippen LogP contribution in [0.4, 0.5) is 13.2 Å². The summed E-state index contributed by atoms with van der Waals surface area (Å²) in [6.45, 7) is 7.01. The summed E-state index contributed by atoms with van der Waals surface area (Å²) >= 11 is 0. The van der Waals surface area contributed by atoms with Crippen molar-refractivity contribution in [3.63, 3.8) is 0 Å². The molecule has 0 aliphatic carbocycles. The van der Waals surface area contributed by atoms with Crippen molar-refractivity contribution < 1.29 is 32.2 Å². The van der Waals surface area contributed by atoms with Crippen molar-refractivity contribution in [3.8, 4) is 0 Å². The number of allylic oxidation sites excluding steroid dienone is 2. The van der Waals surface area contributed by atoms with E-state index in [1.165, 1.54) is 18.2 Å². The van der Waals surface area contributed by atoms with Crippen molar-refractivity contribution in [3.05, 3.63) is 82.0 Å². The van der Waals surface area contributed by atoms with Gasteiger partial charge in [-0.3, -0.25) is 0 Å². The zero-order chi connectivity index (χ0) is 25.8. The van der Waals surface area contributed by atoms with Gasteiger partial charge < -0.3 is 19.4 Å². The maximum Gasteiger partial charge on any atom is 0.416 e. The molecule has 0 atom stereocenters. The lowest BCUT2D eigenvalue weighted by atomic mass is 9.78. The van der Waals surface area contributed by atoms with E-state index >= 15 is 0 Å². The topological polar surface area (TPSA) is 71.6 Å². The maximum atomic E-state index is 14.0. The number of nitrogens with one attached hydrogen (secondary N) is 1. The first-order valence-corrected chi connectivity index (χ1v) is 11.4. The minimum Gasteiger partial charge on any atom is -0.463 e. The van der Waals surface area contributed by atoms with Gasteiger partial charge in [0.05, 0.1) is 35.8 Å². The van der Waals surface area contributed by atoms with E-state index in [2.05, 4.69) is 4.98 Å². The number of H-pyrrole nitrogens is 1. The zero-order valence-electron chi connectivity index (χ0n) is 20.2. The Bertz CT molecular complexity index is 1090. The lowest BCUT2D eigenvalue weighted by Gasteiger charge is -2.38. The number of esters is 2. The number of hydrogen-bond donors (Lipinski definition) is 1. The van der Waals surface area contributed by atoms with Crippen LogP contribution in [0.25, 0.3) is 0 Å². The summed E-state index contributed by atoms with van der Waals surface area (Å²) in [6.07, 6.45) is -2.35. The zero-order valence-corrected chi connectivity index (χ0v) is 20.2. The van der Waals surface area contributed by atoms with Gasteiger partial charge in [0.15, 0.2) is 0 Å². The molecule has 3 rings (SSSR count). The normalized spacial score (nSPS) is 15.0. The first kappa shape index (κ1) is 26.1. The summed E-state index contributed by atoms with van der Waals surface area (Å²) in [5.74, 6) is -2.84. The van der Waals surface area contributed by atoms with Crippen LogP contribution in [0.3, 0.4) is 0 Å². The first-order chi connectivity index (χ1) is 16.6. The molecule has 0 radical (unpaired) electrons. The SMILES string of the molecule is CCOC(=O)C1=C(C)N(CCc2ccc[nH]2)C(C)=C(C(=O)OCC)C1c1ccccc1C(F)(F)F. The predicted molar refractivity (Wildman–Crippen MR) is 124 cm³/mol. The summed E-state index contributed by atoms with van der Waals surface area (Å²) in [4.78, 5) is 31.3. The van der Waals surface area contributed by atoms with E-state index in [0.717, 1.165) is 11.8 Å². The van der Waals surface area contributed by atoms with Crippen LogP contribution in [-0.4, -0.2) is 41.6 Å². The number of halogens is 3. The number of ether oxygens (including phenoxy) is 2. The molecule has 1 aliphatic rings. The number of benzene rings is 1. The quantitative estimate of drug-likeness (QED) is 0.505. The molecule has 2 aromatic rings. The molecule has 1 aromatic heterocycles. The average Bonchev–Trinajstić information content (AvgIpc) is 3.32. The van der Waals surface area contributed by atoms with Gasteiger partial charge in [0.1, 0.15) is 0 Å². The number of carbonyl (C=O) groups is 2. The Morgan fingerprint density at radius 3 is 2.00 bits per heavy atom. The summed E-state index contributed by atoms with van der Waals surface area (Å²) in [5.41, 5.74) is 0.658. The molecular formula is C26H29F3N2O4. The van der Waals surface area contributed by atoms with Crippen LogP contribution < -0.4 is 0 Å². The van der Waals surface area contributed by atoms with Crippen LogP contribution in [0.2, 0.25) is 0 Å². The standard InChI is InChI=1S/C26H29F3N2O4/c1-5-34-24(32)21-16(3)31(15-13-18-10-9-14-30-18)17(4)22(25(33)35-6-2)23(21)19-11-7-8-12-20(19)26(27,28)29/h7-12,14,23,30H,5-6,13,15H2,1-4H3. The summed E-state index contributed by atoms with van der Waals surface area (Å²) in [5, 5.41) is 0. The van der Waals surface area contributed by atoms with Gasteiger partial charge in [-0.2, -0.15) is 13.2 Å². The highest BCUT2D eigenvalue weighted by atomic mass is 19.4. The van der Waals surface area contributed by atoms with E-state index in [4.69, 9.17) is 9.47 Å². The lowest BCUT2D eigenvalue weighted by molar-refractivity contribution is -0.142. The fourth-order valence-corrected chi connectivity index (χ4v) is 4.46. The van der Waals surface area contributed by atoms with E-state index in [9.17, 15) is 22.8 Å². The van der Waals surface area contributed by atoms with Gasteiger partial charge >= 0.3 is 18.1 Å². The molecule has 2 heterocycles. The highest BCUT2D eigenvalue weighted by Crippen LogP contribution is 2.46. The number of aromatic nitrogens is 1. The van der Waals surface area contributed by atoms with Gasteiger partial charge in [-0.25, -0.2) is 9.59 Å². The van der Waals surface area contributed by atoms with Crippen LogP contribution in [0.5, 0.6) is 0 Å².